The van der Waals surface area contributed by atoms with Crippen LogP contribution in [0.5, 0.6) is 0 Å². The number of rotatable bonds is 2. The molecule has 0 radical (unpaired) electrons. The molecule has 1 aliphatic carbocycles. The monoisotopic (exact) mass is 407 g/mol. The number of hydrogen-bond acceptors (Lipinski definition) is 1. The first kappa shape index (κ1) is 17.6. The maximum Gasteiger partial charge on any atom is 0.191 e. The van der Waals surface area contributed by atoms with Crippen LogP contribution in [0.4, 0.5) is 0 Å². The molecule has 1 aromatic rings. The molecule has 2 atom stereocenters. The van der Waals surface area contributed by atoms with Crippen LogP contribution in [0.15, 0.2) is 29.3 Å². The van der Waals surface area contributed by atoms with E-state index in [1.165, 1.54) is 5.56 Å². The minimum absolute atomic E-state index is 0. The topological polar surface area (TPSA) is 36.4 Å². The fraction of sp³-hybridized carbons (Fsp3) is 0.533. The van der Waals surface area contributed by atoms with Crippen LogP contribution in [0.2, 0.25) is 5.02 Å². The molecule has 0 aromatic heterocycles. The second kappa shape index (κ2) is 6.98. The average Bonchev–Trinajstić information content (AvgIpc) is 3.05. The fourth-order valence-corrected chi connectivity index (χ4v) is 2.35. The quantitative estimate of drug-likeness (QED) is 0.445. The van der Waals surface area contributed by atoms with E-state index in [1.807, 2.05) is 18.2 Å². The summed E-state index contributed by atoms with van der Waals surface area (Å²) in [5.74, 6) is 1.40. The van der Waals surface area contributed by atoms with Crippen LogP contribution in [0.25, 0.3) is 0 Å². The van der Waals surface area contributed by atoms with Crippen molar-refractivity contribution in [3.8, 4) is 0 Å². The Morgan fingerprint density at radius 2 is 2.05 bits per heavy atom. The smallest absolute Gasteiger partial charge is 0.191 e. The highest BCUT2D eigenvalue weighted by Crippen LogP contribution is 2.41. The number of nitrogens with one attached hydrogen (secondary N) is 2. The van der Waals surface area contributed by atoms with E-state index in [-0.39, 0.29) is 29.5 Å². The number of benzene rings is 1. The second-order valence-corrected chi connectivity index (χ2v) is 6.53. The van der Waals surface area contributed by atoms with E-state index in [9.17, 15) is 0 Å². The summed E-state index contributed by atoms with van der Waals surface area (Å²) in [5, 5.41) is 7.64. The highest BCUT2D eigenvalue weighted by Gasteiger charge is 2.39. The fourth-order valence-electron chi connectivity index (χ4n) is 2.15. The summed E-state index contributed by atoms with van der Waals surface area (Å²) in [6, 6.07) is 8.56. The summed E-state index contributed by atoms with van der Waals surface area (Å²) in [4.78, 5) is 4.27. The van der Waals surface area contributed by atoms with Gasteiger partial charge in [-0.05, 0) is 44.9 Å². The van der Waals surface area contributed by atoms with Crippen LogP contribution in [-0.2, 0) is 0 Å². The van der Waals surface area contributed by atoms with Crippen LogP contribution in [0.3, 0.4) is 0 Å². The lowest BCUT2D eigenvalue weighted by molar-refractivity contribution is 0.501. The predicted octanol–water partition coefficient (Wildman–Crippen LogP) is 3.78. The molecule has 0 saturated heterocycles. The molecule has 20 heavy (non-hydrogen) atoms. The number of hydrogen-bond donors (Lipinski definition) is 2. The van der Waals surface area contributed by atoms with Gasteiger partial charge in [0.2, 0.25) is 0 Å². The minimum Gasteiger partial charge on any atom is -0.353 e. The van der Waals surface area contributed by atoms with E-state index in [0.717, 1.165) is 17.4 Å². The van der Waals surface area contributed by atoms with Gasteiger partial charge in [0.1, 0.15) is 0 Å². The maximum absolute atomic E-state index is 6.03. The third-order valence-electron chi connectivity index (χ3n) is 3.11. The van der Waals surface area contributed by atoms with Crippen LogP contribution in [0, 0.1) is 0 Å². The highest BCUT2D eigenvalue weighted by atomic mass is 127. The number of guanidine groups is 1. The van der Waals surface area contributed by atoms with E-state index in [2.05, 4.69) is 42.5 Å². The van der Waals surface area contributed by atoms with Crippen molar-refractivity contribution in [2.75, 3.05) is 7.05 Å². The van der Waals surface area contributed by atoms with E-state index in [0.29, 0.717) is 12.0 Å². The average molecular weight is 408 g/mol. The van der Waals surface area contributed by atoms with Crippen molar-refractivity contribution in [1.82, 2.24) is 10.6 Å². The third kappa shape index (κ3) is 5.13. The molecule has 0 spiro atoms. The molecule has 1 aromatic carbocycles. The van der Waals surface area contributed by atoms with Gasteiger partial charge in [0, 0.05) is 29.6 Å². The zero-order chi connectivity index (χ0) is 14.0. The van der Waals surface area contributed by atoms with Crippen LogP contribution in [0.1, 0.15) is 38.7 Å². The van der Waals surface area contributed by atoms with Crippen molar-refractivity contribution in [3.63, 3.8) is 0 Å². The van der Waals surface area contributed by atoms with Crippen molar-refractivity contribution < 1.29 is 0 Å². The third-order valence-corrected chi connectivity index (χ3v) is 3.34. The van der Waals surface area contributed by atoms with Gasteiger partial charge in [0.25, 0.3) is 0 Å². The first-order valence-corrected chi connectivity index (χ1v) is 7.04. The molecular weight excluding hydrogens is 385 g/mol. The Kier molecular flexibility index (Phi) is 6.13. The van der Waals surface area contributed by atoms with Crippen molar-refractivity contribution in [3.05, 3.63) is 34.9 Å². The van der Waals surface area contributed by atoms with Crippen LogP contribution < -0.4 is 10.6 Å². The van der Waals surface area contributed by atoms with E-state index in [1.54, 1.807) is 7.05 Å². The summed E-state index contributed by atoms with van der Waals surface area (Å²) in [5.41, 5.74) is 1.32. The van der Waals surface area contributed by atoms with E-state index >= 15 is 0 Å². The Balaban J connectivity index is 0.00000200. The second-order valence-electron chi connectivity index (χ2n) is 6.10. The lowest BCUT2D eigenvalue weighted by atomic mass is 10.1. The molecule has 1 aliphatic rings. The van der Waals surface area contributed by atoms with Gasteiger partial charge in [-0.15, -0.1) is 24.0 Å². The molecule has 2 rings (SSSR count). The lowest BCUT2D eigenvalue weighted by Gasteiger charge is -2.23. The normalized spacial score (nSPS) is 21.9. The van der Waals surface area contributed by atoms with Gasteiger partial charge in [-0.3, -0.25) is 4.99 Å². The van der Waals surface area contributed by atoms with Crippen molar-refractivity contribution in [2.45, 2.75) is 44.7 Å². The van der Waals surface area contributed by atoms with Gasteiger partial charge >= 0.3 is 0 Å². The predicted molar refractivity (Wildman–Crippen MR) is 97.4 cm³/mol. The molecular formula is C15H23ClIN3. The van der Waals surface area contributed by atoms with E-state index in [4.69, 9.17) is 11.6 Å². The van der Waals surface area contributed by atoms with Gasteiger partial charge in [-0.25, -0.2) is 0 Å². The molecule has 1 fully saturated rings. The number of halogens is 2. The Bertz CT molecular complexity index is 482. The summed E-state index contributed by atoms with van der Waals surface area (Å²) >= 11 is 6.03. The maximum atomic E-state index is 6.03. The summed E-state index contributed by atoms with van der Waals surface area (Å²) in [7, 11) is 1.80. The molecule has 0 bridgehead atoms. The van der Waals surface area contributed by atoms with Crippen molar-refractivity contribution in [1.29, 1.82) is 0 Å². The van der Waals surface area contributed by atoms with Gasteiger partial charge < -0.3 is 10.6 Å². The lowest BCUT2D eigenvalue weighted by Crippen LogP contribution is -2.48. The molecule has 0 amide bonds. The first-order valence-electron chi connectivity index (χ1n) is 6.66. The molecule has 0 heterocycles. The van der Waals surface area contributed by atoms with Crippen molar-refractivity contribution >= 4 is 41.5 Å². The zero-order valence-corrected chi connectivity index (χ0v) is 15.5. The first-order chi connectivity index (χ1) is 8.89. The van der Waals surface area contributed by atoms with Gasteiger partial charge in [0.15, 0.2) is 5.96 Å². The number of nitrogens with zero attached hydrogens (tertiary/aromatic N) is 1. The molecule has 3 nitrogen and oxygen atoms in total. The van der Waals surface area contributed by atoms with Crippen molar-refractivity contribution in [2.24, 2.45) is 4.99 Å². The summed E-state index contributed by atoms with van der Waals surface area (Å²) in [6.07, 6.45) is 1.13. The largest absolute Gasteiger partial charge is 0.353 e. The molecule has 112 valence electrons. The molecule has 5 heteroatoms. The van der Waals surface area contributed by atoms with Crippen LogP contribution in [-0.4, -0.2) is 24.6 Å². The Hall–Kier alpha value is -0.490. The van der Waals surface area contributed by atoms with Gasteiger partial charge in [0.05, 0.1) is 0 Å². The Labute approximate surface area is 143 Å². The van der Waals surface area contributed by atoms with Gasteiger partial charge in [-0.1, -0.05) is 23.7 Å². The Morgan fingerprint density at radius 3 is 2.60 bits per heavy atom. The van der Waals surface area contributed by atoms with Crippen LogP contribution >= 0.6 is 35.6 Å². The molecule has 1 saturated carbocycles. The van der Waals surface area contributed by atoms with E-state index < -0.39 is 0 Å². The number of aliphatic imine (C=N–C) groups is 1. The van der Waals surface area contributed by atoms with Gasteiger partial charge in [-0.2, -0.15) is 0 Å². The minimum atomic E-state index is 0. The zero-order valence-electron chi connectivity index (χ0n) is 12.4. The SMILES string of the molecule is CN=C(NC1CC1c1cccc(Cl)c1)NC(C)(C)C.I. The molecule has 2 N–H and O–H groups in total. The standard InChI is InChI=1S/C15H22ClN3.HI/c1-15(2,3)19-14(17-4)18-13-9-12(13)10-6-5-7-11(16)8-10;/h5-8,12-13H,9H2,1-4H3,(H2,17,18,19);1H. The highest BCUT2D eigenvalue weighted by molar-refractivity contribution is 14.0. The summed E-state index contributed by atoms with van der Waals surface area (Å²) < 4.78 is 0. The Morgan fingerprint density at radius 1 is 1.35 bits per heavy atom. The molecule has 0 aliphatic heterocycles. The summed E-state index contributed by atoms with van der Waals surface area (Å²) in [6.45, 7) is 6.38. The molecule has 2 unspecified atom stereocenters.